The number of hydrogen-bond acceptors (Lipinski definition) is 0. The summed E-state index contributed by atoms with van der Waals surface area (Å²) < 4.78 is 0. The van der Waals surface area contributed by atoms with Crippen LogP contribution in [-0.4, -0.2) is 48.4 Å². The standard InChI is InChI=1S/3C16H37Si2.Cr/c3*1-8-15-16(17(9-2,10-3)11-4)18(12-5,13-6)14-7;/h3*8-15H2,1-7H3;/q3*-1;+3. The summed E-state index contributed by atoms with van der Waals surface area (Å²) in [5.41, 5.74) is 0. The molecule has 0 aliphatic heterocycles. The molecule has 0 atom stereocenters. The molecule has 7 heteroatoms. The zero-order valence-corrected chi connectivity index (χ0v) is 50.2. The van der Waals surface area contributed by atoms with E-state index in [4.69, 9.17) is 0 Å². The molecule has 0 aromatic carbocycles. The molecule has 0 unspecified atom stereocenters. The molecule has 0 N–H and O–H groups in total. The van der Waals surface area contributed by atoms with Crippen LogP contribution in [0, 0.1) is 15.5 Å². The third-order valence-corrected chi connectivity index (χ3v) is 60.6. The van der Waals surface area contributed by atoms with Crippen molar-refractivity contribution < 1.29 is 17.4 Å². The summed E-state index contributed by atoms with van der Waals surface area (Å²) in [5.74, 6) is 0. The van der Waals surface area contributed by atoms with Gasteiger partial charge in [-0.15, -0.1) is 0 Å². The first-order valence-corrected chi connectivity index (χ1v) is 41.0. The van der Waals surface area contributed by atoms with Gasteiger partial charge in [0.05, 0.1) is 0 Å². The van der Waals surface area contributed by atoms with E-state index in [1.54, 1.807) is 0 Å². The van der Waals surface area contributed by atoms with Crippen molar-refractivity contribution >= 4 is 48.4 Å². The van der Waals surface area contributed by atoms with E-state index in [9.17, 15) is 0 Å². The van der Waals surface area contributed by atoms with Crippen LogP contribution in [-0.2, 0) is 17.4 Å². The topological polar surface area (TPSA) is 0 Å². The van der Waals surface area contributed by atoms with Crippen molar-refractivity contribution in [3.05, 3.63) is 15.5 Å². The minimum Gasteiger partial charge on any atom is -0.311 e. The summed E-state index contributed by atoms with van der Waals surface area (Å²) in [5, 5.41) is 6.53. The fourth-order valence-electron chi connectivity index (χ4n) is 12.4. The Morgan fingerprint density at radius 2 is 0.291 bits per heavy atom. The van der Waals surface area contributed by atoms with Gasteiger partial charge in [0.2, 0.25) is 0 Å². The van der Waals surface area contributed by atoms with Crippen LogP contribution in [0.25, 0.3) is 0 Å². The summed E-state index contributed by atoms with van der Waals surface area (Å²) in [7, 11) is -6.53. The molecule has 0 aliphatic rings. The van der Waals surface area contributed by atoms with Crippen LogP contribution < -0.4 is 0 Å². The first kappa shape index (κ1) is 63.5. The summed E-state index contributed by atoms with van der Waals surface area (Å²) in [6, 6.07) is 26.8. The Balaban J connectivity index is -0.000000351. The third-order valence-electron chi connectivity index (χ3n) is 17.5. The number of hydrogen-bond donors (Lipinski definition) is 0. The van der Waals surface area contributed by atoms with Crippen LogP contribution >= 0.6 is 0 Å². The molecule has 1 radical (unpaired) electrons. The summed E-state index contributed by atoms with van der Waals surface area (Å²) >= 11 is 0. The Bertz CT molecular complexity index is 622. The maximum atomic E-state index is 2.48. The Hall–Kier alpha value is 1.83. The molecular formula is C48H111CrSi6. The molecule has 0 aliphatic carbocycles. The van der Waals surface area contributed by atoms with Crippen molar-refractivity contribution in [3.8, 4) is 0 Å². The van der Waals surface area contributed by atoms with E-state index in [2.05, 4.69) is 161 Å². The van der Waals surface area contributed by atoms with Gasteiger partial charge in [-0.05, 0) is 0 Å². The SMILES string of the molecule is CCC[C-]([Si](CC)(CC)CC)[Si](CC)(CC)CC.CCC[C-]([Si](CC)(CC)CC)[Si](CC)(CC)CC.CCC[C-]([Si](CC)(CC)CC)[Si](CC)(CC)CC.[Cr+3]. The van der Waals surface area contributed by atoms with E-state index in [-0.39, 0.29) is 17.4 Å². The first-order chi connectivity index (χ1) is 25.7. The Labute approximate surface area is 371 Å². The Kier molecular flexibility index (Phi) is 38.6. The predicted molar refractivity (Wildman–Crippen MR) is 278 cm³/mol. The third kappa shape index (κ3) is 15.9. The average molecular weight is 909 g/mol. The van der Waals surface area contributed by atoms with E-state index in [0.717, 1.165) is 0 Å². The number of rotatable bonds is 30. The fourth-order valence-corrected chi connectivity index (χ4v) is 56.8. The van der Waals surface area contributed by atoms with Crippen molar-refractivity contribution in [2.24, 2.45) is 0 Å². The van der Waals surface area contributed by atoms with Gasteiger partial charge in [0.25, 0.3) is 0 Å². The van der Waals surface area contributed by atoms with Gasteiger partial charge in [-0.3, -0.25) is 0 Å². The molecule has 0 nitrogen and oxygen atoms in total. The zero-order chi connectivity index (χ0) is 42.7. The molecule has 0 saturated heterocycles. The molecule has 333 valence electrons. The minimum absolute atomic E-state index is 0. The van der Waals surface area contributed by atoms with Crippen LogP contribution in [0.15, 0.2) is 0 Å². The maximum absolute atomic E-state index is 2.48. The monoisotopic (exact) mass is 908 g/mol. The molecule has 0 spiro atoms. The van der Waals surface area contributed by atoms with E-state index in [1.165, 1.54) is 147 Å². The Morgan fingerprint density at radius 1 is 0.200 bits per heavy atom. The molecular weight excluding hydrogens is 797 g/mol. The zero-order valence-electron chi connectivity index (χ0n) is 42.9. The van der Waals surface area contributed by atoms with Gasteiger partial charge in [0, 0.05) is 0 Å². The molecule has 0 amide bonds. The van der Waals surface area contributed by atoms with Gasteiger partial charge in [-0.25, -0.2) is 0 Å². The van der Waals surface area contributed by atoms with Crippen molar-refractivity contribution in [3.63, 3.8) is 0 Å². The average Bonchev–Trinajstić information content (AvgIpc) is 3.23. The second-order valence-corrected chi connectivity index (χ2v) is 50.9. The largest absolute Gasteiger partial charge is 3.00 e. The second kappa shape index (κ2) is 33.5. The molecule has 0 fully saturated rings. The first-order valence-electron chi connectivity index (χ1n) is 25.3. The van der Waals surface area contributed by atoms with E-state index >= 15 is 0 Å². The van der Waals surface area contributed by atoms with Crippen LogP contribution in [0.1, 0.15) is 184 Å². The Morgan fingerprint density at radius 3 is 0.345 bits per heavy atom. The molecule has 0 aromatic rings. The van der Waals surface area contributed by atoms with Crippen molar-refractivity contribution in [1.82, 2.24) is 0 Å². The fraction of sp³-hybridized carbons (Fsp3) is 0.938. The normalized spacial score (nSPS) is 13.1. The quantitative estimate of drug-likeness (QED) is 0.0498. The van der Waals surface area contributed by atoms with Crippen molar-refractivity contribution in [2.45, 2.75) is 293 Å². The van der Waals surface area contributed by atoms with E-state index in [0.29, 0.717) is 0 Å². The molecule has 0 heterocycles. The van der Waals surface area contributed by atoms with Crippen LogP contribution in [0.4, 0.5) is 0 Å². The minimum atomic E-state index is -1.09. The van der Waals surface area contributed by atoms with Crippen LogP contribution in [0.3, 0.4) is 0 Å². The van der Waals surface area contributed by atoms with Crippen LogP contribution in [0.2, 0.25) is 109 Å². The predicted octanol–water partition coefficient (Wildman–Crippen LogP) is 19.4. The van der Waals surface area contributed by atoms with Gasteiger partial charge in [-0.1, -0.05) is 322 Å². The molecule has 0 rings (SSSR count). The van der Waals surface area contributed by atoms with Gasteiger partial charge in [-0.2, -0.15) is 19.3 Å². The second-order valence-electron chi connectivity index (χ2n) is 17.7. The molecule has 0 bridgehead atoms. The van der Waals surface area contributed by atoms with Gasteiger partial charge in [0.15, 0.2) is 0 Å². The van der Waals surface area contributed by atoms with Crippen molar-refractivity contribution in [1.29, 1.82) is 0 Å². The summed E-state index contributed by atoms with van der Waals surface area (Å²) in [4.78, 5) is 0. The smallest absolute Gasteiger partial charge is 0.311 e. The van der Waals surface area contributed by atoms with Crippen molar-refractivity contribution in [2.75, 3.05) is 0 Å². The van der Waals surface area contributed by atoms with Crippen LogP contribution in [0.5, 0.6) is 0 Å². The maximum Gasteiger partial charge on any atom is 3.00 e. The molecule has 55 heavy (non-hydrogen) atoms. The van der Waals surface area contributed by atoms with Gasteiger partial charge < -0.3 is 15.5 Å². The van der Waals surface area contributed by atoms with Gasteiger partial charge in [0.1, 0.15) is 0 Å². The van der Waals surface area contributed by atoms with Gasteiger partial charge >= 0.3 is 17.4 Å². The summed E-state index contributed by atoms with van der Waals surface area (Å²) in [6.45, 7) is 51.8. The summed E-state index contributed by atoms with van der Waals surface area (Å²) in [6.07, 6.45) is 8.51. The molecule has 0 saturated carbocycles. The molecule has 0 aromatic heterocycles. The van der Waals surface area contributed by atoms with E-state index < -0.39 is 48.4 Å². The van der Waals surface area contributed by atoms with E-state index in [1.807, 2.05) is 0 Å².